The summed E-state index contributed by atoms with van der Waals surface area (Å²) in [7, 11) is -3.70. The van der Waals surface area contributed by atoms with Crippen molar-refractivity contribution in [3.05, 3.63) is 54.7 Å². The van der Waals surface area contributed by atoms with E-state index in [0.29, 0.717) is 17.0 Å². The van der Waals surface area contributed by atoms with Gasteiger partial charge in [-0.2, -0.15) is 0 Å². The lowest BCUT2D eigenvalue weighted by atomic mass is 10.1. The van der Waals surface area contributed by atoms with Gasteiger partial charge in [-0.1, -0.05) is 6.07 Å². The Balaban J connectivity index is 1.73. The van der Waals surface area contributed by atoms with Crippen molar-refractivity contribution in [3.63, 3.8) is 0 Å². The summed E-state index contributed by atoms with van der Waals surface area (Å²) in [4.78, 5) is 0.201. The normalized spacial score (nSPS) is 18.1. The van der Waals surface area contributed by atoms with Crippen LogP contribution in [0.2, 0.25) is 0 Å². The molecule has 0 aliphatic carbocycles. The van der Waals surface area contributed by atoms with E-state index in [1.54, 1.807) is 30.5 Å². The zero-order valence-electron chi connectivity index (χ0n) is 14.3. The largest absolute Gasteiger partial charge is 0.488 e. The Hall–Kier alpha value is -2.51. The predicted molar refractivity (Wildman–Crippen MR) is 102 cm³/mol. The molecule has 0 spiro atoms. The number of nitrogen functional groups attached to an aromatic ring is 1. The van der Waals surface area contributed by atoms with Gasteiger partial charge in [0.05, 0.1) is 10.4 Å². The molecule has 0 radical (unpaired) electrons. The third kappa shape index (κ3) is 3.04. The van der Waals surface area contributed by atoms with Gasteiger partial charge in [-0.05, 0) is 61.9 Å². The van der Waals surface area contributed by atoms with Crippen LogP contribution in [0.15, 0.2) is 59.6 Å². The smallest absolute Gasteiger partial charge is 0.268 e. The summed E-state index contributed by atoms with van der Waals surface area (Å²) in [6.45, 7) is 1.82. The number of benzene rings is 2. The Labute approximate surface area is 152 Å². The fraction of sp³-hybridized carbons (Fsp3) is 0.263. The van der Waals surface area contributed by atoms with Crippen molar-refractivity contribution < 1.29 is 13.2 Å². The number of nitrogens with one attached hydrogen (secondary N) is 1. The standard InChI is InChI=1S/C19H21N3O3S/c20-14-6-8-16(9-7-14)26(23,24)22-12-10-17-18(22)4-1-5-19(17)25-15-3-2-11-21-13-15/h1,4-10,12,15,21H,2-3,11,13,20H2. The third-order valence-corrected chi connectivity index (χ3v) is 6.34. The van der Waals surface area contributed by atoms with Crippen LogP contribution in [0, 0.1) is 0 Å². The minimum atomic E-state index is -3.70. The minimum absolute atomic E-state index is 0.103. The van der Waals surface area contributed by atoms with Crippen LogP contribution in [0.25, 0.3) is 10.9 Å². The molecule has 6 nitrogen and oxygen atoms in total. The van der Waals surface area contributed by atoms with Crippen LogP contribution in [0.1, 0.15) is 12.8 Å². The van der Waals surface area contributed by atoms with E-state index in [4.69, 9.17) is 10.5 Å². The molecule has 2 aromatic carbocycles. The number of nitrogens with zero attached hydrogens (tertiary/aromatic N) is 1. The van der Waals surface area contributed by atoms with Crippen molar-refractivity contribution in [2.45, 2.75) is 23.8 Å². The van der Waals surface area contributed by atoms with Crippen molar-refractivity contribution in [2.24, 2.45) is 0 Å². The lowest BCUT2D eigenvalue weighted by molar-refractivity contribution is 0.169. The van der Waals surface area contributed by atoms with Crippen molar-refractivity contribution in [1.29, 1.82) is 0 Å². The molecule has 1 fully saturated rings. The second-order valence-corrected chi connectivity index (χ2v) is 8.28. The first kappa shape index (κ1) is 16.9. The van der Waals surface area contributed by atoms with Gasteiger partial charge in [0.1, 0.15) is 11.9 Å². The van der Waals surface area contributed by atoms with E-state index in [1.165, 1.54) is 16.1 Å². The lowest BCUT2D eigenvalue weighted by Crippen LogP contribution is -2.37. The molecule has 1 unspecified atom stereocenters. The van der Waals surface area contributed by atoms with Crippen molar-refractivity contribution in [1.82, 2.24) is 9.29 Å². The maximum Gasteiger partial charge on any atom is 0.268 e. The predicted octanol–water partition coefficient (Wildman–Crippen LogP) is 2.59. The van der Waals surface area contributed by atoms with Crippen LogP contribution in [-0.2, 0) is 10.0 Å². The summed E-state index contributed by atoms with van der Waals surface area (Å²) in [6, 6.07) is 13.5. The second kappa shape index (κ2) is 6.66. The first-order valence-electron chi connectivity index (χ1n) is 8.64. The number of piperidine rings is 1. The highest BCUT2D eigenvalue weighted by Crippen LogP contribution is 2.30. The van der Waals surface area contributed by atoms with Crippen LogP contribution in [0.3, 0.4) is 0 Å². The Morgan fingerprint density at radius 3 is 2.65 bits per heavy atom. The Morgan fingerprint density at radius 2 is 1.92 bits per heavy atom. The molecule has 0 saturated carbocycles. The average Bonchev–Trinajstić information content (AvgIpc) is 3.09. The molecule has 136 valence electrons. The number of fused-ring (bicyclic) bond motifs is 1. The quantitative estimate of drug-likeness (QED) is 0.689. The van der Waals surface area contributed by atoms with Gasteiger partial charge in [0.15, 0.2) is 0 Å². The number of rotatable bonds is 4. The summed E-state index contributed by atoms with van der Waals surface area (Å²) >= 11 is 0. The van der Waals surface area contributed by atoms with E-state index < -0.39 is 10.0 Å². The topological polar surface area (TPSA) is 86.4 Å². The maximum absolute atomic E-state index is 13.0. The highest BCUT2D eigenvalue weighted by atomic mass is 32.2. The fourth-order valence-electron chi connectivity index (χ4n) is 3.28. The van der Waals surface area contributed by atoms with Crippen LogP contribution in [0.4, 0.5) is 5.69 Å². The van der Waals surface area contributed by atoms with E-state index in [2.05, 4.69) is 5.32 Å². The molecule has 26 heavy (non-hydrogen) atoms. The first-order chi connectivity index (χ1) is 12.6. The first-order valence-corrected chi connectivity index (χ1v) is 10.1. The van der Waals surface area contributed by atoms with Gasteiger partial charge >= 0.3 is 0 Å². The summed E-state index contributed by atoms with van der Waals surface area (Å²) in [6.07, 6.45) is 3.75. The third-order valence-electron chi connectivity index (χ3n) is 4.64. The molecule has 0 amide bonds. The highest BCUT2D eigenvalue weighted by Gasteiger charge is 2.21. The Morgan fingerprint density at radius 1 is 1.12 bits per heavy atom. The number of nitrogens with two attached hydrogens (primary N) is 1. The van der Waals surface area contributed by atoms with Gasteiger partial charge in [0.2, 0.25) is 0 Å². The molecule has 7 heteroatoms. The van der Waals surface area contributed by atoms with Gasteiger partial charge < -0.3 is 15.8 Å². The average molecular weight is 371 g/mol. The number of anilines is 1. The summed E-state index contributed by atoms with van der Waals surface area (Å²) in [5.41, 5.74) is 6.79. The maximum atomic E-state index is 13.0. The fourth-order valence-corrected chi connectivity index (χ4v) is 4.63. The summed E-state index contributed by atoms with van der Waals surface area (Å²) in [5, 5.41) is 4.11. The van der Waals surface area contributed by atoms with E-state index in [-0.39, 0.29) is 11.0 Å². The number of hydrogen-bond acceptors (Lipinski definition) is 5. The van der Waals surface area contributed by atoms with Gasteiger partial charge in [-0.25, -0.2) is 12.4 Å². The number of hydrogen-bond donors (Lipinski definition) is 2. The molecule has 4 rings (SSSR count). The SMILES string of the molecule is Nc1ccc(S(=O)(=O)n2ccc3c(OC4CCCNC4)cccc32)cc1. The monoisotopic (exact) mass is 371 g/mol. The molecule has 1 aliphatic heterocycles. The van der Waals surface area contributed by atoms with Gasteiger partial charge in [0.25, 0.3) is 10.0 Å². The van der Waals surface area contributed by atoms with Crippen molar-refractivity contribution in [2.75, 3.05) is 18.8 Å². The van der Waals surface area contributed by atoms with Gasteiger partial charge in [-0.15, -0.1) is 0 Å². The van der Waals surface area contributed by atoms with Crippen LogP contribution in [0.5, 0.6) is 5.75 Å². The molecule has 1 aromatic heterocycles. The van der Waals surface area contributed by atoms with E-state index >= 15 is 0 Å². The van der Waals surface area contributed by atoms with E-state index in [9.17, 15) is 8.42 Å². The molecular formula is C19H21N3O3S. The van der Waals surface area contributed by atoms with Crippen LogP contribution >= 0.6 is 0 Å². The van der Waals surface area contributed by atoms with Gasteiger partial charge in [-0.3, -0.25) is 0 Å². The molecule has 1 aliphatic rings. The van der Waals surface area contributed by atoms with Crippen LogP contribution < -0.4 is 15.8 Å². The number of aromatic nitrogens is 1. The second-order valence-electron chi connectivity index (χ2n) is 6.46. The zero-order chi connectivity index (χ0) is 18.1. The van der Waals surface area contributed by atoms with Crippen LogP contribution in [-0.4, -0.2) is 31.6 Å². The molecular weight excluding hydrogens is 350 g/mol. The Kier molecular flexibility index (Phi) is 4.34. The molecule has 3 N–H and O–H groups in total. The van der Waals surface area contributed by atoms with Crippen molar-refractivity contribution in [3.8, 4) is 5.75 Å². The summed E-state index contributed by atoms with van der Waals surface area (Å²) in [5.74, 6) is 0.711. The summed E-state index contributed by atoms with van der Waals surface area (Å²) < 4.78 is 33.4. The molecule has 3 aromatic rings. The molecule has 2 heterocycles. The van der Waals surface area contributed by atoms with E-state index in [0.717, 1.165) is 31.3 Å². The zero-order valence-corrected chi connectivity index (χ0v) is 15.1. The van der Waals surface area contributed by atoms with Crippen molar-refractivity contribution >= 4 is 26.6 Å². The Bertz CT molecular complexity index is 1020. The molecule has 1 saturated heterocycles. The van der Waals surface area contributed by atoms with Gasteiger partial charge in [0, 0.05) is 23.8 Å². The minimum Gasteiger partial charge on any atom is -0.488 e. The number of ether oxygens (including phenoxy) is 1. The lowest BCUT2D eigenvalue weighted by Gasteiger charge is -2.24. The molecule has 1 atom stereocenters. The molecule has 0 bridgehead atoms. The van der Waals surface area contributed by atoms with E-state index in [1.807, 2.05) is 12.1 Å². The highest BCUT2D eigenvalue weighted by molar-refractivity contribution is 7.90.